The molecule has 2 aromatic carbocycles. The number of phenols is 1. The van der Waals surface area contributed by atoms with Crippen molar-refractivity contribution in [1.29, 1.82) is 0 Å². The second-order valence-corrected chi connectivity index (χ2v) is 8.98. The molecule has 35 heavy (non-hydrogen) atoms. The molecule has 0 spiro atoms. The number of aliphatic hydroxyl groups excluding tert-OH is 1. The molecule has 1 aliphatic heterocycles. The number of rotatable bonds is 5. The lowest BCUT2D eigenvalue weighted by molar-refractivity contribution is -0.132. The topological polar surface area (TPSA) is 100.0 Å². The molecule has 1 amide bonds. The summed E-state index contributed by atoms with van der Waals surface area (Å²) >= 11 is 0. The number of hydrogen-bond donors (Lipinski definition) is 2. The van der Waals surface area contributed by atoms with Crippen LogP contribution in [0, 0.1) is 13.8 Å². The lowest BCUT2D eigenvalue weighted by Crippen LogP contribution is -2.30. The van der Waals surface area contributed by atoms with Gasteiger partial charge in [-0.25, -0.2) is 0 Å². The Balaban J connectivity index is 2.00. The van der Waals surface area contributed by atoms with E-state index in [9.17, 15) is 19.8 Å². The van der Waals surface area contributed by atoms with Crippen LogP contribution in [0.15, 0.2) is 60.3 Å². The molecule has 1 aliphatic rings. The van der Waals surface area contributed by atoms with Gasteiger partial charge in [0.1, 0.15) is 23.3 Å². The number of phenolic OH excluding ortho intramolecular Hbond substituents is 1. The molecule has 2 N–H and O–H groups in total. The number of methoxy groups -OCH3 is 1. The van der Waals surface area contributed by atoms with E-state index in [1.807, 2.05) is 26.8 Å². The van der Waals surface area contributed by atoms with Crippen molar-refractivity contribution in [2.45, 2.75) is 39.7 Å². The third-order valence-corrected chi connectivity index (χ3v) is 6.26. The van der Waals surface area contributed by atoms with Crippen LogP contribution in [0.25, 0.3) is 5.76 Å². The molecule has 4 rings (SSSR count). The van der Waals surface area contributed by atoms with E-state index in [1.54, 1.807) is 56.6 Å². The van der Waals surface area contributed by atoms with Crippen LogP contribution in [0.4, 0.5) is 5.69 Å². The van der Waals surface area contributed by atoms with E-state index >= 15 is 0 Å². The summed E-state index contributed by atoms with van der Waals surface area (Å²) < 4.78 is 5.51. The number of anilines is 1. The number of Topliss-reactive ketones (excluding diaryl/α,β-unsaturated/α-hetero) is 1. The summed E-state index contributed by atoms with van der Waals surface area (Å²) in [5.74, 6) is -1.37. The third-order valence-electron chi connectivity index (χ3n) is 6.26. The number of aryl methyl sites for hydroxylation is 2. The molecule has 7 heteroatoms. The maximum Gasteiger partial charge on any atom is 0.300 e. The molecule has 3 aromatic rings. The summed E-state index contributed by atoms with van der Waals surface area (Å²) in [6.45, 7) is 7.64. The number of hydrogen-bond acceptors (Lipinski definition) is 6. The first-order chi connectivity index (χ1) is 16.6. The number of pyridine rings is 1. The van der Waals surface area contributed by atoms with Crippen molar-refractivity contribution in [2.75, 3.05) is 12.0 Å². The number of aromatic hydroxyl groups is 1. The molecule has 0 aliphatic carbocycles. The zero-order valence-corrected chi connectivity index (χ0v) is 20.4. The molecule has 0 saturated carbocycles. The van der Waals surface area contributed by atoms with Crippen molar-refractivity contribution in [2.24, 2.45) is 0 Å². The second-order valence-electron chi connectivity index (χ2n) is 8.98. The first-order valence-electron chi connectivity index (χ1n) is 11.4. The minimum absolute atomic E-state index is 0.0856. The molecule has 1 saturated heterocycles. The molecule has 2 heterocycles. The highest BCUT2D eigenvalue weighted by Gasteiger charge is 2.48. The molecule has 1 fully saturated rings. The third kappa shape index (κ3) is 4.14. The van der Waals surface area contributed by atoms with Gasteiger partial charge in [0.15, 0.2) is 0 Å². The largest absolute Gasteiger partial charge is 0.507 e. The monoisotopic (exact) mass is 472 g/mol. The van der Waals surface area contributed by atoms with Gasteiger partial charge in [0.25, 0.3) is 11.7 Å². The Labute approximate surface area is 204 Å². The second kappa shape index (κ2) is 9.25. The fourth-order valence-corrected chi connectivity index (χ4v) is 4.45. The Morgan fingerprint density at radius 3 is 2.46 bits per heavy atom. The average Bonchev–Trinajstić information content (AvgIpc) is 3.10. The van der Waals surface area contributed by atoms with Crippen LogP contribution in [0.5, 0.6) is 11.5 Å². The molecule has 180 valence electrons. The van der Waals surface area contributed by atoms with E-state index in [2.05, 4.69) is 4.98 Å². The van der Waals surface area contributed by atoms with Crippen molar-refractivity contribution in [3.05, 3.63) is 88.2 Å². The van der Waals surface area contributed by atoms with Gasteiger partial charge in [0.2, 0.25) is 0 Å². The molecular weight excluding hydrogens is 444 g/mol. The molecule has 1 aromatic heterocycles. The van der Waals surface area contributed by atoms with Gasteiger partial charge in [-0.05, 0) is 72.9 Å². The molecular formula is C28H28N2O5. The number of amides is 1. The Morgan fingerprint density at radius 1 is 1.09 bits per heavy atom. The van der Waals surface area contributed by atoms with E-state index in [0.29, 0.717) is 22.6 Å². The Morgan fingerprint density at radius 2 is 1.83 bits per heavy atom. The van der Waals surface area contributed by atoms with E-state index in [1.165, 1.54) is 11.0 Å². The zero-order chi connectivity index (χ0) is 25.4. The lowest BCUT2D eigenvalue weighted by Gasteiger charge is -2.25. The van der Waals surface area contributed by atoms with Crippen molar-refractivity contribution in [3.8, 4) is 11.5 Å². The number of benzene rings is 2. The van der Waals surface area contributed by atoms with E-state index in [4.69, 9.17) is 4.74 Å². The number of aliphatic hydroxyl groups is 1. The molecule has 1 unspecified atom stereocenters. The Hall–Kier alpha value is -4.13. The van der Waals surface area contributed by atoms with Crippen LogP contribution in [0.2, 0.25) is 0 Å². The van der Waals surface area contributed by atoms with Gasteiger partial charge >= 0.3 is 0 Å². The van der Waals surface area contributed by atoms with E-state index < -0.39 is 17.7 Å². The Kier molecular flexibility index (Phi) is 6.35. The quantitative estimate of drug-likeness (QED) is 0.302. The summed E-state index contributed by atoms with van der Waals surface area (Å²) in [4.78, 5) is 32.3. The summed E-state index contributed by atoms with van der Waals surface area (Å²) in [5, 5.41) is 22.1. The molecule has 0 bridgehead atoms. The summed E-state index contributed by atoms with van der Waals surface area (Å²) in [5.41, 5.74) is 3.26. The van der Waals surface area contributed by atoms with Crippen LogP contribution < -0.4 is 9.64 Å². The number of carbonyl (C=O) groups is 2. The van der Waals surface area contributed by atoms with Gasteiger partial charge in [0.05, 0.1) is 24.1 Å². The SMILES string of the molecule is COc1cc(C)c(/C(O)=C2\C(=O)C(=O)N(c3cc(C)ccc3O)C2c2ccccn2)cc1C(C)C. The maximum atomic E-state index is 13.4. The average molecular weight is 473 g/mol. The number of carbonyl (C=O) groups excluding carboxylic acids is 2. The normalized spacial score (nSPS) is 17.3. The highest BCUT2D eigenvalue weighted by molar-refractivity contribution is 6.51. The standard InChI is InChI=1S/C28H28N2O5/c1-15(2)18-14-19(17(4)13-23(18)35-5)26(32)24-25(20-8-6-7-11-29-20)30(28(34)27(24)33)21-12-16(3)9-10-22(21)31/h6-15,25,31-32H,1-5H3/b26-24+. The van der Waals surface area contributed by atoms with Crippen molar-refractivity contribution < 1.29 is 24.5 Å². The molecule has 1 atom stereocenters. The minimum Gasteiger partial charge on any atom is -0.507 e. The maximum absolute atomic E-state index is 13.4. The van der Waals surface area contributed by atoms with Crippen molar-refractivity contribution in [1.82, 2.24) is 4.98 Å². The number of aromatic nitrogens is 1. The highest BCUT2D eigenvalue weighted by Crippen LogP contribution is 2.45. The van der Waals surface area contributed by atoms with Gasteiger partial charge in [-0.2, -0.15) is 0 Å². The fraction of sp³-hybridized carbons (Fsp3) is 0.250. The number of ketones is 1. The smallest absolute Gasteiger partial charge is 0.300 e. The van der Waals surface area contributed by atoms with Crippen molar-refractivity contribution >= 4 is 23.1 Å². The van der Waals surface area contributed by atoms with Gasteiger partial charge in [-0.15, -0.1) is 0 Å². The first-order valence-corrected chi connectivity index (χ1v) is 11.4. The van der Waals surface area contributed by atoms with Crippen LogP contribution in [-0.2, 0) is 9.59 Å². The summed E-state index contributed by atoms with van der Waals surface area (Å²) in [7, 11) is 1.58. The first kappa shape index (κ1) is 24.0. The number of ether oxygens (including phenoxy) is 1. The predicted octanol–water partition coefficient (Wildman–Crippen LogP) is 5.16. The zero-order valence-electron chi connectivity index (χ0n) is 20.4. The van der Waals surface area contributed by atoms with E-state index in [0.717, 1.165) is 11.1 Å². The predicted molar refractivity (Wildman–Crippen MR) is 134 cm³/mol. The minimum atomic E-state index is -1.02. The lowest BCUT2D eigenvalue weighted by atomic mass is 9.92. The molecule has 0 radical (unpaired) electrons. The van der Waals surface area contributed by atoms with Crippen molar-refractivity contribution in [3.63, 3.8) is 0 Å². The van der Waals surface area contributed by atoms with Gasteiger partial charge in [-0.1, -0.05) is 26.0 Å². The summed E-state index contributed by atoms with van der Waals surface area (Å²) in [6.07, 6.45) is 1.56. The van der Waals surface area contributed by atoms with Gasteiger partial charge in [-0.3, -0.25) is 19.5 Å². The van der Waals surface area contributed by atoms with Crippen LogP contribution >= 0.6 is 0 Å². The van der Waals surface area contributed by atoms with Gasteiger partial charge in [0, 0.05) is 11.8 Å². The summed E-state index contributed by atoms with van der Waals surface area (Å²) in [6, 6.07) is 12.5. The van der Waals surface area contributed by atoms with Crippen LogP contribution in [-0.4, -0.2) is 34.0 Å². The Bertz CT molecular complexity index is 1340. The molecule has 7 nitrogen and oxygen atoms in total. The van der Waals surface area contributed by atoms with E-state index in [-0.39, 0.29) is 28.7 Å². The van der Waals surface area contributed by atoms with Crippen LogP contribution in [0.1, 0.15) is 53.8 Å². The van der Waals surface area contributed by atoms with Crippen LogP contribution in [0.3, 0.4) is 0 Å². The fourth-order valence-electron chi connectivity index (χ4n) is 4.45. The number of nitrogens with zero attached hydrogens (tertiary/aromatic N) is 2. The highest BCUT2D eigenvalue weighted by atomic mass is 16.5. The van der Waals surface area contributed by atoms with Gasteiger partial charge < -0.3 is 14.9 Å².